The second kappa shape index (κ2) is 6.54. The van der Waals surface area contributed by atoms with Gasteiger partial charge in [-0.05, 0) is 24.5 Å². The highest BCUT2D eigenvalue weighted by atomic mass is 16.2. The predicted molar refractivity (Wildman–Crippen MR) is 90.9 cm³/mol. The number of urea groups is 1. The maximum atomic E-state index is 12.7. The first-order valence-electron chi connectivity index (χ1n) is 8.18. The van der Waals surface area contributed by atoms with Crippen LogP contribution in [0.4, 0.5) is 16.2 Å². The Kier molecular flexibility index (Phi) is 4.43. The van der Waals surface area contributed by atoms with Gasteiger partial charge in [-0.1, -0.05) is 26.0 Å². The van der Waals surface area contributed by atoms with Gasteiger partial charge in [-0.3, -0.25) is 24.2 Å². The van der Waals surface area contributed by atoms with Crippen molar-refractivity contribution in [3.63, 3.8) is 0 Å². The highest BCUT2D eigenvalue weighted by molar-refractivity contribution is 6.13. The summed E-state index contributed by atoms with van der Waals surface area (Å²) in [7, 11) is 0. The minimum absolute atomic E-state index is 0.144. The third-order valence-corrected chi connectivity index (χ3v) is 4.18. The van der Waals surface area contributed by atoms with E-state index in [1.165, 1.54) is 4.90 Å². The fraction of sp³-hybridized carbons (Fsp3) is 0.412. The number of hydrogen-bond acceptors (Lipinski definition) is 4. The number of para-hydroxylation sites is 2. The fourth-order valence-corrected chi connectivity index (χ4v) is 3.03. The molecule has 2 heterocycles. The number of carbonyl (C=O) groups excluding carboxylic acids is 4. The lowest BCUT2D eigenvalue weighted by Crippen LogP contribution is -2.48. The van der Waals surface area contributed by atoms with E-state index >= 15 is 0 Å². The van der Waals surface area contributed by atoms with E-state index in [2.05, 4.69) is 10.6 Å². The number of nitrogens with zero attached hydrogens (tertiary/aromatic N) is 2. The van der Waals surface area contributed by atoms with Gasteiger partial charge in [0.25, 0.3) is 5.91 Å². The van der Waals surface area contributed by atoms with Gasteiger partial charge >= 0.3 is 6.03 Å². The second-order valence-electron chi connectivity index (χ2n) is 6.60. The van der Waals surface area contributed by atoms with Crippen LogP contribution in [0, 0.1) is 5.92 Å². The molecule has 0 bridgehead atoms. The van der Waals surface area contributed by atoms with Crippen LogP contribution >= 0.6 is 0 Å². The first-order chi connectivity index (χ1) is 11.9. The first kappa shape index (κ1) is 16.9. The average molecular weight is 344 g/mol. The van der Waals surface area contributed by atoms with E-state index < -0.39 is 23.9 Å². The van der Waals surface area contributed by atoms with E-state index in [0.717, 1.165) is 4.90 Å². The molecule has 3 rings (SSSR count). The SMILES string of the molecule is CC(C)C[C@@H]1NC(=O)N(CC(=O)N2CC(=O)Nc3ccccc32)C1=O. The largest absolute Gasteiger partial charge is 0.326 e. The molecular weight excluding hydrogens is 324 g/mol. The van der Waals surface area contributed by atoms with Gasteiger partial charge in [-0.2, -0.15) is 0 Å². The predicted octanol–water partition coefficient (Wildman–Crippen LogP) is 0.938. The van der Waals surface area contributed by atoms with Crippen molar-refractivity contribution in [3.8, 4) is 0 Å². The molecule has 2 aliphatic heterocycles. The Morgan fingerprint density at radius 2 is 1.96 bits per heavy atom. The minimum Gasteiger partial charge on any atom is -0.326 e. The molecule has 2 aliphatic rings. The molecule has 0 aromatic heterocycles. The van der Waals surface area contributed by atoms with Crippen LogP contribution in [0.15, 0.2) is 24.3 Å². The molecule has 132 valence electrons. The van der Waals surface area contributed by atoms with Crippen molar-refractivity contribution in [1.82, 2.24) is 10.2 Å². The summed E-state index contributed by atoms with van der Waals surface area (Å²) in [5.74, 6) is -0.956. The van der Waals surface area contributed by atoms with Gasteiger partial charge in [0.15, 0.2) is 0 Å². The van der Waals surface area contributed by atoms with Gasteiger partial charge in [0.2, 0.25) is 11.8 Å². The number of imide groups is 1. The number of nitrogens with one attached hydrogen (secondary N) is 2. The number of fused-ring (bicyclic) bond motifs is 1. The summed E-state index contributed by atoms with van der Waals surface area (Å²) >= 11 is 0. The van der Waals surface area contributed by atoms with Crippen LogP contribution < -0.4 is 15.5 Å². The molecule has 8 nitrogen and oxygen atoms in total. The summed E-state index contributed by atoms with van der Waals surface area (Å²) in [6.07, 6.45) is 0.518. The van der Waals surface area contributed by atoms with Crippen molar-refractivity contribution < 1.29 is 19.2 Å². The van der Waals surface area contributed by atoms with Gasteiger partial charge in [0, 0.05) is 0 Å². The van der Waals surface area contributed by atoms with Crippen LogP contribution in [0.25, 0.3) is 0 Å². The van der Waals surface area contributed by atoms with Crippen LogP contribution in [-0.4, -0.2) is 47.8 Å². The Hall–Kier alpha value is -2.90. The van der Waals surface area contributed by atoms with Crippen molar-refractivity contribution in [3.05, 3.63) is 24.3 Å². The number of benzene rings is 1. The Labute approximate surface area is 145 Å². The van der Waals surface area contributed by atoms with Crippen LogP contribution in [0.2, 0.25) is 0 Å². The van der Waals surface area contributed by atoms with E-state index in [1.807, 2.05) is 13.8 Å². The smallest absolute Gasteiger partial charge is 0.325 e. The molecule has 8 heteroatoms. The highest BCUT2D eigenvalue weighted by Crippen LogP contribution is 2.29. The van der Waals surface area contributed by atoms with Gasteiger partial charge in [0.05, 0.1) is 11.4 Å². The molecule has 25 heavy (non-hydrogen) atoms. The van der Waals surface area contributed by atoms with E-state index in [0.29, 0.717) is 17.8 Å². The van der Waals surface area contributed by atoms with Gasteiger partial charge < -0.3 is 10.6 Å². The van der Waals surface area contributed by atoms with Gasteiger partial charge in [0.1, 0.15) is 19.1 Å². The van der Waals surface area contributed by atoms with Crippen molar-refractivity contribution in [1.29, 1.82) is 0 Å². The van der Waals surface area contributed by atoms with Crippen LogP contribution in [0.5, 0.6) is 0 Å². The molecule has 0 spiro atoms. The molecule has 0 saturated carbocycles. The zero-order chi connectivity index (χ0) is 18.1. The third-order valence-electron chi connectivity index (χ3n) is 4.18. The molecule has 0 radical (unpaired) electrons. The second-order valence-corrected chi connectivity index (χ2v) is 6.60. The monoisotopic (exact) mass is 344 g/mol. The molecule has 5 amide bonds. The molecule has 2 N–H and O–H groups in total. The number of carbonyl (C=O) groups is 4. The average Bonchev–Trinajstić information content (AvgIpc) is 2.80. The van der Waals surface area contributed by atoms with E-state index in [1.54, 1.807) is 24.3 Å². The zero-order valence-corrected chi connectivity index (χ0v) is 14.1. The molecule has 1 saturated heterocycles. The molecule has 1 atom stereocenters. The number of amides is 5. The lowest BCUT2D eigenvalue weighted by atomic mass is 10.0. The molecule has 1 aromatic rings. The van der Waals surface area contributed by atoms with Crippen molar-refractivity contribution in [2.45, 2.75) is 26.3 Å². The number of anilines is 2. The Bertz CT molecular complexity index is 746. The quantitative estimate of drug-likeness (QED) is 0.794. The van der Waals surface area contributed by atoms with Crippen molar-refractivity contribution in [2.75, 3.05) is 23.3 Å². The summed E-state index contributed by atoms with van der Waals surface area (Å²) < 4.78 is 0. The number of hydrogen-bond donors (Lipinski definition) is 2. The summed E-state index contributed by atoms with van der Waals surface area (Å²) in [6, 6.07) is 5.74. The minimum atomic E-state index is -0.600. The van der Waals surface area contributed by atoms with Gasteiger partial charge in [-0.15, -0.1) is 0 Å². The standard InChI is InChI=1S/C17H20N4O4/c1-10(2)7-12-16(24)21(17(25)19-12)9-15(23)20-8-14(22)18-11-5-3-4-6-13(11)20/h3-6,10,12H,7-9H2,1-2H3,(H,18,22)(H,19,25)/t12-/m0/s1. The third kappa shape index (κ3) is 3.33. The van der Waals surface area contributed by atoms with Crippen molar-refractivity contribution in [2.24, 2.45) is 5.92 Å². The van der Waals surface area contributed by atoms with Crippen LogP contribution in [0.1, 0.15) is 20.3 Å². The summed E-state index contributed by atoms with van der Waals surface area (Å²) in [6.45, 7) is 3.38. The molecule has 1 aromatic carbocycles. The molecule has 0 aliphatic carbocycles. The van der Waals surface area contributed by atoms with E-state index in [9.17, 15) is 19.2 Å². The molecule has 0 unspecified atom stereocenters. The van der Waals surface area contributed by atoms with E-state index in [-0.39, 0.29) is 24.9 Å². The van der Waals surface area contributed by atoms with Gasteiger partial charge in [-0.25, -0.2) is 4.79 Å². The molecular formula is C17H20N4O4. The highest BCUT2D eigenvalue weighted by Gasteiger charge is 2.40. The number of rotatable bonds is 4. The van der Waals surface area contributed by atoms with Crippen molar-refractivity contribution >= 4 is 35.1 Å². The van der Waals surface area contributed by atoms with E-state index in [4.69, 9.17) is 0 Å². The lowest BCUT2D eigenvalue weighted by molar-refractivity contribution is -0.131. The molecule has 1 fully saturated rings. The fourth-order valence-electron chi connectivity index (χ4n) is 3.03. The van der Waals surface area contributed by atoms with Crippen LogP contribution in [0.3, 0.4) is 0 Å². The summed E-state index contributed by atoms with van der Waals surface area (Å²) in [5.41, 5.74) is 1.08. The summed E-state index contributed by atoms with van der Waals surface area (Å²) in [4.78, 5) is 51.1. The Balaban J connectivity index is 1.76. The Morgan fingerprint density at radius 1 is 1.24 bits per heavy atom. The maximum Gasteiger partial charge on any atom is 0.325 e. The Morgan fingerprint density at radius 3 is 2.68 bits per heavy atom. The normalized spacial score (nSPS) is 19.8. The lowest BCUT2D eigenvalue weighted by Gasteiger charge is -2.30. The van der Waals surface area contributed by atoms with Crippen LogP contribution in [-0.2, 0) is 14.4 Å². The zero-order valence-electron chi connectivity index (χ0n) is 14.1. The topological polar surface area (TPSA) is 98.8 Å². The first-order valence-corrected chi connectivity index (χ1v) is 8.18. The summed E-state index contributed by atoms with van der Waals surface area (Å²) in [5, 5.41) is 5.30. The maximum absolute atomic E-state index is 12.7.